The fourth-order valence-electron chi connectivity index (χ4n) is 5.41. The molecule has 1 atom stereocenters. The average Bonchev–Trinajstić information content (AvgIpc) is 3.07. The number of hydrogen-bond acceptors (Lipinski definition) is 6. The highest BCUT2D eigenvalue weighted by Gasteiger charge is 2.22. The van der Waals surface area contributed by atoms with Gasteiger partial charge in [0, 0.05) is 12.8 Å². The Kier molecular flexibility index (Phi) is 34.8. The standard InChI is InChI=1S/C40H73O8P/c1-3-5-7-9-11-13-15-17-19-20-21-23-25-27-29-31-33-35-40(42)48-38(37-47-49(43,44)45)36-46-39(41)34-32-30-28-26-24-22-18-16-14-12-10-8-6-4-2/h16,18,21,23,27,29,38H,3-15,17,19-20,22,24-26,28,30-37H2,1-2H3,(H2,43,44,45)/b18-16+,23-21+,29-27+/t38-/m1/s1. The molecule has 0 unspecified atom stereocenters. The molecule has 0 fully saturated rings. The van der Waals surface area contributed by atoms with Crippen LogP contribution in [0.1, 0.15) is 187 Å². The van der Waals surface area contributed by atoms with Gasteiger partial charge >= 0.3 is 19.8 Å². The van der Waals surface area contributed by atoms with Crippen molar-refractivity contribution in [2.24, 2.45) is 0 Å². The summed E-state index contributed by atoms with van der Waals surface area (Å²) in [6.07, 6.45) is 41.6. The number of carbonyl (C=O) groups excluding carboxylic acids is 2. The van der Waals surface area contributed by atoms with E-state index in [2.05, 4.69) is 48.8 Å². The van der Waals surface area contributed by atoms with Crippen molar-refractivity contribution in [3.8, 4) is 0 Å². The zero-order chi connectivity index (χ0) is 36.1. The molecule has 286 valence electrons. The first kappa shape index (κ1) is 47.3. The van der Waals surface area contributed by atoms with Gasteiger partial charge in [0.1, 0.15) is 6.61 Å². The first-order valence-corrected chi connectivity index (χ1v) is 21.3. The molecule has 0 aromatic heterocycles. The monoisotopic (exact) mass is 713 g/mol. The van der Waals surface area contributed by atoms with E-state index in [1.807, 2.05) is 6.08 Å². The Morgan fingerprint density at radius 3 is 1.43 bits per heavy atom. The number of unbranched alkanes of at least 4 members (excludes halogenated alkanes) is 20. The van der Waals surface area contributed by atoms with Crippen LogP contribution in [0.2, 0.25) is 0 Å². The maximum atomic E-state index is 12.4. The van der Waals surface area contributed by atoms with Gasteiger partial charge in [0.15, 0.2) is 6.10 Å². The SMILES string of the molecule is CCCCCCC/C=C/CCCCCCCC(=O)OC[C@H](COP(=O)(O)O)OC(=O)CCC/C=C/C/C=C/CCCCCCCCCCC. The summed E-state index contributed by atoms with van der Waals surface area (Å²) in [7, 11) is -4.76. The molecule has 0 spiro atoms. The zero-order valence-corrected chi connectivity index (χ0v) is 32.2. The van der Waals surface area contributed by atoms with Gasteiger partial charge in [0.05, 0.1) is 6.61 Å². The fraction of sp³-hybridized carbons (Fsp3) is 0.800. The summed E-state index contributed by atoms with van der Waals surface area (Å²) in [5.74, 6) is -0.946. The van der Waals surface area contributed by atoms with Crippen molar-refractivity contribution in [2.75, 3.05) is 13.2 Å². The van der Waals surface area contributed by atoms with Crippen molar-refractivity contribution in [3.05, 3.63) is 36.5 Å². The summed E-state index contributed by atoms with van der Waals surface area (Å²) in [4.78, 5) is 42.7. The van der Waals surface area contributed by atoms with Gasteiger partial charge in [-0.3, -0.25) is 14.1 Å². The predicted octanol–water partition coefficient (Wildman–Crippen LogP) is 11.8. The Morgan fingerprint density at radius 2 is 0.939 bits per heavy atom. The van der Waals surface area contributed by atoms with E-state index < -0.39 is 32.5 Å². The van der Waals surface area contributed by atoms with Gasteiger partial charge < -0.3 is 19.3 Å². The number of ether oxygens (including phenoxy) is 2. The third kappa shape index (κ3) is 38.9. The van der Waals surface area contributed by atoms with Gasteiger partial charge in [-0.25, -0.2) is 4.57 Å². The Balaban J connectivity index is 4.02. The van der Waals surface area contributed by atoms with Crippen LogP contribution in [0.15, 0.2) is 36.5 Å². The molecule has 0 aromatic rings. The smallest absolute Gasteiger partial charge is 0.462 e. The third-order valence-electron chi connectivity index (χ3n) is 8.38. The molecule has 0 aliphatic heterocycles. The molecule has 0 radical (unpaired) electrons. The largest absolute Gasteiger partial charge is 0.469 e. The van der Waals surface area contributed by atoms with Crippen molar-refractivity contribution >= 4 is 19.8 Å². The molecule has 0 heterocycles. The lowest BCUT2D eigenvalue weighted by Crippen LogP contribution is -2.29. The molecule has 0 saturated heterocycles. The topological polar surface area (TPSA) is 119 Å². The number of allylic oxidation sites excluding steroid dienone is 6. The molecular formula is C40H73O8P. The van der Waals surface area contributed by atoms with Crippen molar-refractivity contribution in [3.63, 3.8) is 0 Å². The first-order valence-electron chi connectivity index (χ1n) is 19.8. The molecular weight excluding hydrogens is 639 g/mol. The van der Waals surface area contributed by atoms with Crippen molar-refractivity contribution in [1.29, 1.82) is 0 Å². The van der Waals surface area contributed by atoms with Crippen molar-refractivity contribution in [2.45, 2.75) is 193 Å². The van der Waals surface area contributed by atoms with E-state index >= 15 is 0 Å². The van der Waals surface area contributed by atoms with E-state index in [-0.39, 0.29) is 19.4 Å². The fourth-order valence-corrected chi connectivity index (χ4v) is 5.77. The molecule has 8 nitrogen and oxygen atoms in total. The molecule has 0 bridgehead atoms. The third-order valence-corrected chi connectivity index (χ3v) is 8.87. The zero-order valence-electron chi connectivity index (χ0n) is 31.3. The second-order valence-electron chi connectivity index (χ2n) is 13.2. The number of phosphoric acid groups is 1. The number of esters is 2. The minimum absolute atomic E-state index is 0.147. The second-order valence-corrected chi connectivity index (χ2v) is 14.5. The van der Waals surface area contributed by atoms with E-state index in [1.54, 1.807) is 0 Å². The van der Waals surface area contributed by atoms with Crippen LogP contribution in [-0.2, 0) is 28.2 Å². The Morgan fingerprint density at radius 1 is 0.531 bits per heavy atom. The van der Waals surface area contributed by atoms with E-state index in [9.17, 15) is 14.2 Å². The maximum Gasteiger partial charge on any atom is 0.469 e. The van der Waals surface area contributed by atoms with Gasteiger partial charge in [0.25, 0.3) is 0 Å². The minimum Gasteiger partial charge on any atom is -0.462 e. The van der Waals surface area contributed by atoms with Crippen LogP contribution in [0, 0.1) is 0 Å². The highest BCUT2D eigenvalue weighted by Crippen LogP contribution is 2.36. The summed E-state index contributed by atoms with van der Waals surface area (Å²) in [6.45, 7) is 3.63. The van der Waals surface area contributed by atoms with Gasteiger partial charge in [-0.15, -0.1) is 0 Å². The second kappa shape index (κ2) is 36.1. The summed E-state index contributed by atoms with van der Waals surface area (Å²) in [6, 6.07) is 0. The maximum absolute atomic E-state index is 12.4. The van der Waals surface area contributed by atoms with Crippen LogP contribution < -0.4 is 0 Å². The van der Waals surface area contributed by atoms with Crippen molar-refractivity contribution in [1.82, 2.24) is 0 Å². The van der Waals surface area contributed by atoms with E-state index in [1.165, 1.54) is 96.3 Å². The quantitative estimate of drug-likeness (QED) is 0.0285. The number of carbonyl (C=O) groups is 2. The number of hydrogen-bond donors (Lipinski definition) is 2. The molecule has 0 aliphatic rings. The summed E-state index contributed by atoms with van der Waals surface area (Å²) in [5, 5.41) is 0. The summed E-state index contributed by atoms with van der Waals surface area (Å²) >= 11 is 0. The van der Waals surface area contributed by atoms with Crippen LogP contribution in [0.25, 0.3) is 0 Å². The van der Waals surface area contributed by atoms with Gasteiger partial charge in [-0.05, 0) is 64.2 Å². The van der Waals surface area contributed by atoms with Crippen LogP contribution in [-0.4, -0.2) is 41.0 Å². The van der Waals surface area contributed by atoms with Gasteiger partial charge in [-0.2, -0.15) is 0 Å². The highest BCUT2D eigenvalue weighted by atomic mass is 31.2. The lowest BCUT2D eigenvalue weighted by molar-refractivity contribution is -0.161. The Labute approximate surface area is 300 Å². The van der Waals surface area contributed by atoms with Gasteiger partial charge in [-0.1, -0.05) is 147 Å². The molecule has 0 rings (SSSR count). The number of rotatable bonds is 36. The first-order chi connectivity index (χ1) is 23.8. The van der Waals surface area contributed by atoms with E-state index in [4.69, 9.17) is 19.3 Å². The molecule has 9 heteroatoms. The lowest BCUT2D eigenvalue weighted by Gasteiger charge is -2.18. The van der Waals surface area contributed by atoms with Crippen molar-refractivity contribution < 1.29 is 37.9 Å². The summed E-state index contributed by atoms with van der Waals surface area (Å²) in [5.41, 5.74) is 0. The normalized spacial score (nSPS) is 12.8. The Bertz CT molecular complexity index is 895. The van der Waals surface area contributed by atoms with Crippen LogP contribution in [0.3, 0.4) is 0 Å². The highest BCUT2D eigenvalue weighted by molar-refractivity contribution is 7.46. The van der Waals surface area contributed by atoms with E-state index in [0.717, 1.165) is 51.4 Å². The van der Waals surface area contributed by atoms with Crippen LogP contribution in [0.4, 0.5) is 0 Å². The van der Waals surface area contributed by atoms with Crippen LogP contribution >= 0.6 is 7.82 Å². The average molecular weight is 713 g/mol. The van der Waals surface area contributed by atoms with Gasteiger partial charge in [0.2, 0.25) is 0 Å². The molecule has 0 aromatic carbocycles. The minimum atomic E-state index is -4.76. The molecule has 0 aliphatic carbocycles. The lowest BCUT2D eigenvalue weighted by atomic mass is 10.1. The molecule has 0 amide bonds. The van der Waals surface area contributed by atoms with Crippen LogP contribution in [0.5, 0.6) is 0 Å². The van der Waals surface area contributed by atoms with E-state index in [0.29, 0.717) is 12.8 Å². The molecule has 49 heavy (non-hydrogen) atoms. The Hall–Kier alpha value is -1.73. The predicted molar refractivity (Wildman–Crippen MR) is 202 cm³/mol. The summed E-state index contributed by atoms with van der Waals surface area (Å²) < 4.78 is 26.3. The molecule has 0 saturated carbocycles. The molecule has 2 N–H and O–H groups in total. The number of phosphoric ester groups is 1.